The molecule has 0 amide bonds. The van der Waals surface area contributed by atoms with Crippen LogP contribution in [0.25, 0.3) is 0 Å². The number of hydrogen-bond acceptors (Lipinski definition) is 0. The highest BCUT2D eigenvalue weighted by Crippen LogP contribution is 2.32. The van der Waals surface area contributed by atoms with E-state index < -0.39 is 11.7 Å². The number of aryl methyl sites for hydroxylation is 4. The molecule has 2 aromatic carbocycles. The maximum Gasteiger partial charge on any atom is 0.416 e. The Hall–Kier alpha value is -1.77. The van der Waals surface area contributed by atoms with Crippen molar-refractivity contribution in [3.63, 3.8) is 0 Å². The van der Waals surface area contributed by atoms with Gasteiger partial charge in [0.25, 0.3) is 0 Å². The Bertz CT molecular complexity index is 595. The van der Waals surface area contributed by atoms with Crippen LogP contribution in [-0.4, -0.2) is 0 Å². The van der Waals surface area contributed by atoms with Gasteiger partial charge in [0.2, 0.25) is 0 Å². The van der Waals surface area contributed by atoms with Gasteiger partial charge in [-0.25, -0.2) is 0 Å². The summed E-state index contributed by atoms with van der Waals surface area (Å²) in [7, 11) is 0. The molecule has 0 atom stereocenters. The fraction of sp³-hybridized carbons (Fsp3) is 0.333. The molecule has 112 valence electrons. The van der Waals surface area contributed by atoms with Crippen molar-refractivity contribution < 1.29 is 13.2 Å². The molecule has 0 aliphatic carbocycles. The smallest absolute Gasteiger partial charge is 0.166 e. The summed E-state index contributed by atoms with van der Waals surface area (Å²) in [6, 6.07) is 12.7. The molecule has 0 nitrogen and oxygen atoms in total. The van der Waals surface area contributed by atoms with Crippen LogP contribution in [-0.2, 0) is 25.4 Å². The molecule has 0 aliphatic heterocycles. The summed E-state index contributed by atoms with van der Waals surface area (Å²) in [6.07, 6.45) is -2.27. The Morgan fingerprint density at radius 3 is 2.00 bits per heavy atom. The second-order valence-electron chi connectivity index (χ2n) is 5.33. The van der Waals surface area contributed by atoms with Gasteiger partial charge in [-0.2, -0.15) is 13.2 Å². The third-order valence-corrected chi connectivity index (χ3v) is 3.68. The van der Waals surface area contributed by atoms with E-state index >= 15 is 0 Å². The molecule has 0 unspecified atom stereocenters. The second-order valence-corrected chi connectivity index (χ2v) is 5.33. The highest BCUT2D eigenvalue weighted by atomic mass is 19.4. The molecule has 0 saturated heterocycles. The Balaban J connectivity index is 2.12. The Morgan fingerprint density at radius 2 is 1.43 bits per heavy atom. The quantitative estimate of drug-likeness (QED) is 0.711. The van der Waals surface area contributed by atoms with Crippen molar-refractivity contribution in [2.75, 3.05) is 0 Å². The number of alkyl halides is 3. The summed E-state index contributed by atoms with van der Waals surface area (Å²) in [5.41, 5.74) is 3.24. The summed E-state index contributed by atoms with van der Waals surface area (Å²) in [6.45, 7) is 3.79. The Morgan fingerprint density at radius 1 is 0.857 bits per heavy atom. The first-order valence-corrected chi connectivity index (χ1v) is 7.14. The lowest BCUT2D eigenvalue weighted by Gasteiger charge is -2.13. The van der Waals surface area contributed by atoms with E-state index in [1.807, 2.05) is 6.92 Å². The molecule has 0 heterocycles. The molecule has 0 aromatic heterocycles. The standard InChI is InChI=1S/C18H19F3/c1-3-16-12-15(10-11-17(16)18(19,20)21)9-8-14-6-4-13(2)5-7-14/h4-7,10-12H,3,8-9H2,1-2H3. The monoisotopic (exact) mass is 292 g/mol. The molecular weight excluding hydrogens is 273 g/mol. The lowest BCUT2D eigenvalue weighted by atomic mass is 9.97. The van der Waals surface area contributed by atoms with Crippen LogP contribution in [0.3, 0.4) is 0 Å². The van der Waals surface area contributed by atoms with Crippen molar-refractivity contribution >= 4 is 0 Å². The van der Waals surface area contributed by atoms with Crippen molar-refractivity contribution in [3.8, 4) is 0 Å². The summed E-state index contributed by atoms with van der Waals surface area (Å²) in [5.74, 6) is 0. The lowest BCUT2D eigenvalue weighted by Crippen LogP contribution is -2.09. The van der Waals surface area contributed by atoms with Crippen LogP contribution in [0.5, 0.6) is 0 Å². The normalized spacial score (nSPS) is 11.7. The van der Waals surface area contributed by atoms with Gasteiger partial charge in [0.15, 0.2) is 0 Å². The molecule has 0 aliphatic rings. The average molecular weight is 292 g/mol. The van der Waals surface area contributed by atoms with Crippen molar-refractivity contribution in [1.29, 1.82) is 0 Å². The predicted molar refractivity (Wildman–Crippen MR) is 79.4 cm³/mol. The van der Waals surface area contributed by atoms with Gasteiger partial charge >= 0.3 is 6.18 Å². The maximum absolute atomic E-state index is 12.9. The first kappa shape index (κ1) is 15.6. The van der Waals surface area contributed by atoms with Gasteiger partial charge < -0.3 is 0 Å². The minimum atomic E-state index is -4.26. The van der Waals surface area contributed by atoms with Gasteiger partial charge in [0.05, 0.1) is 5.56 Å². The number of hydrogen-bond donors (Lipinski definition) is 0. The van der Waals surface area contributed by atoms with Gasteiger partial charge in [0.1, 0.15) is 0 Å². The highest BCUT2D eigenvalue weighted by molar-refractivity contribution is 5.35. The zero-order valence-electron chi connectivity index (χ0n) is 12.3. The Kier molecular flexibility index (Phi) is 4.71. The minimum Gasteiger partial charge on any atom is -0.166 e. The Labute approximate surface area is 123 Å². The van der Waals surface area contributed by atoms with Crippen LogP contribution < -0.4 is 0 Å². The van der Waals surface area contributed by atoms with Crippen molar-refractivity contribution in [2.45, 2.75) is 39.3 Å². The lowest BCUT2D eigenvalue weighted by molar-refractivity contribution is -0.138. The third-order valence-electron chi connectivity index (χ3n) is 3.68. The maximum atomic E-state index is 12.9. The summed E-state index contributed by atoms with van der Waals surface area (Å²) < 4.78 is 38.6. The zero-order valence-corrected chi connectivity index (χ0v) is 12.3. The number of rotatable bonds is 4. The van der Waals surface area contributed by atoms with E-state index in [0.717, 1.165) is 18.4 Å². The van der Waals surface area contributed by atoms with E-state index in [1.54, 1.807) is 19.1 Å². The summed E-state index contributed by atoms with van der Waals surface area (Å²) in [4.78, 5) is 0. The summed E-state index contributed by atoms with van der Waals surface area (Å²) in [5, 5.41) is 0. The molecular formula is C18H19F3. The van der Waals surface area contributed by atoms with Gasteiger partial charge in [-0.05, 0) is 48.9 Å². The minimum absolute atomic E-state index is 0.379. The molecule has 0 saturated carbocycles. The fourth-order valence-electron chi connectivity index (χ4n) is 2.42. The third kappa shape index (κ3) is 4.10. The molecule has 0 N–H and O–H groups in total. The van der Waals surface area contributed by atoms with Gasteiger partial charge in [-0.1, -0.05) is 48.9 Å². The average Bonchev–Trinajstić information content (AvgIpc) is 2.45. The van der Waals surface area contributed by atoms with Crippen LogP contribution in [0.15, 0.2) is 42.5 Å². The van der Waals surface area contributed by atoms with E-state index in [4.69, 9.17) is 0 Å². The summed E-state index contributed by atoms with van der Waals surface area (Å²) >= 11 is 0. The highest BCUT2D eigenvalue weighted by Gasteiger charge is 2.32. The number of benzene rings is 2. The van der Waals surface area contributed by atoms with Crippen LogP contribution in [0.4, 0.5) is 13.2 Å². The van der Waals surface area contributed by atoms with E-state index in [1.165, 1.54) is 17.2 Å². The van der Waals surface area contributed by atoms with Gasteiger partial charge in [-0.3, -0.25) is 0 Å². The number of halogens is 3. The first-order valence-electron chi connectivity index (χ1n) is 7.14. The largest absolute Gasteiger partial charge is 0.416 e. The van der Waals surface area contributed by atoms with Crippen LogP contribution in [0.1, 0.15) is 34.7 Å². The van der Waals surface area contributed by atoms with E-state index in [9.17, 15) is 13.2 Å². The first-order chi connectivity index (χ1) is 9.90. The van der Waals surface area contributed by atoms with Crippen molar-refractivity contribution in [2.24, 2.45) is 0 Å². The van der Waals surface area contributed by atoms with Crippen LogP contribution >= 0.6 is 0 Å². The van der Waals surface area contributed by atoms with E-state index in [-0.39, 0.29) is 0 Å². The molecule has 3 heteroatoms. The van der Waals surface area contributed by atoms with E-state index in [2.05, 4.69) is 24.3 Å². The fourth-order valence-corrected chi connectivity index (χ4v) is 2.42. The van der Waals surface area contributed by atoms with Gasteiger partial charge in [0, 0.05) is 0 Å². The molecule has 0 radical (unpaired) electrons. The van der Waals surface area contributed by atoms with Gasteiger partial charge in [-0.15, -0.1) is 0 Å². The van der Waals surface area contributed by atoms with E-state index in [0.29, 0.717) is 12.0 Å². The molecule has 0 bridgehead atoms. The molecule has 0 fully saturated rings. The SMILES string of the molecule is CCc1cc(CCc2ccc(C)cc2)ccc1C(F)(F)F. The predicted octanol–water partition coefficient (Wildman–Crippen LogP) is 5.36. The van der Waals surface area contributed by atoms with Crippen LogP contribution in [0.2, 0.25) is 0 Å². The molecule has 21 heavy (non-hydrogen) atoms. The second kappa shape index (κ2) is 6.33. The molecule has 0 spiro atoms. The molecule has 2 aromatic rings. The van der Waals surface area contributed by atoms with Crippen molar-refractivity contribution in [3.05, 3.63) is 70.3 Å². The topological polar surface area (TPSA) is 0 Å². The zero-order chi connectivity index (χ0) is 15.5. The molecule has 2 rings (SSSR count). The van der Waals surface area contributed by atoms with Crippen molar-refractivity contribution in [1.82, 2.24) is 0 Å². The van der Waals surface area contributed by atoms with Crippen LogP contribution in [0, 0.1) is 6.92 Å².